The predicted octanol–water partition coefficient (Wildman–Crippen LogP) is 3.83. The van der Waals surface area contributed by atoms with Crippen molar-refractivity contribution in [1.82, 2.24) is 0 Å². The molecule has 0 aliphatic heterocycles. The highest BCUT2D eigenvalue weighted by molar-refractivity contribution is 14.1. The maximum atomic E-state index is 11.9. The molecule has 19 heavy (non-hydrogen) atoms. The predicted molar refractivity (Wildman–Crippen MR) is 84.6 cm³/mol. The topological polar surface area (TPSA) is 49.3 Å². The molecule has 0 unspecified atom stereocenters. The molecule has 0 radical (unpaired) electrons. The molecule has 2 aromatic rings. The van der Waals surface area contributed by atoms with Crippen LogP contribution in [0.2, 0.25) is 5.02 Å². The molecule has 0 fully saturated rings. The molecule has 2 aromatic carbocycles. The fourth-order valence-corrected chi connectivity index (χ4v) is 2.54. The Hall–Kier alpha value is -1.27. The van der Waals surface area contributed by atoms with E-state index in [9.17, 15) is 9.90 Å². The fraction of sp³-hybridized carbons (Fsp3) is 0.0714. The van der Waals surface area contributed by atoms with Crippen LogP contribution in [-0.4, -0.2) is 11.0 Å². The third-order valence-electron chi connectivity index (χ3n) is 2.48. The van der Waals surface area contributed by atoms with Gasteiger partial charge in [-0.05, 0) is 58.5 Å². The number of phenolic OH excluding ortho intramolecular Hbond substituents is 1. The highest BCUT2D eigenvalue weighted by Gasteiger charge is 2.07. The van der Waals surface area contributed by atoms with Gasteiger partial charge in [-0.3, -0.25) is 4.79 Å². The lowest BCUT2D eigenvalue weighted by molar-refractivity contribution is -0.115. The minimum atomic E-state index is -0.172. The van der Waals surface area contributed by atoms with Crippen molar-refractivity contribution in [2.24, 2.45) is 0 Å². The Morgan fingerprint density at radius 1 is 1.26 bits per heavy atom. The minimum absolute atomic E-state index is 0.151. The monoisotopic (exact) mass is 387 g/mol. The molecule has 0 atom stereocenters. The zero-order chi connectivity index (χ0) is 13.8. The number of carbonyl (C=O) groups excluding carboxylic acids is 1. The van der Waals surface area contributed by atoms with Gasteiger partial charge in [0.2, 0.25) is 5.91 Å². The Balaban J connectivity index is 2.05. The number of halogens is 2. The van der Waals surface area contributed by atoms with E-state index in [1.807, 2.05) is 6.07 Å². The van der Waals surface area contributed by atoms with E-state index in [2.05, 4.69) is 27.9 Å². The normalized spacial score (nSPS) is 10.2. The molecule has 0 saturated carbocycles. The van der Waals surface area contributed by atoms with Gasteiger partial charge >= 0.3 is 0 Å². The Bertz CT molecular complexity index is 616. The maximum Gasteiger partial charge on any atom is 0.228 e. The molecule has 0 aliphatic rings. The van der Waals surface area contributed by atoms with E-state index in [0.717, 1.165) is 9.13 Å². The van der Waals surface area contributed by atoms with Gasteiger partial charge in [-0.25, -0.2) is 0 Å². The van der Waals surface area contributed by atoms with Crippen molar-refractivity contribution in [3.05, 3.63) is 56.6 Å². The van der Waals surface area contributed by atoms with Crippen molar-refractivity contribution in [1.29, 1.82) is 0 Å². The zero-order valence-electron chi connectivity index (χ0n) is 9.86. The first kappa shape index (κ1) is 14.1. The Kier molecular flexibility index (Phi) is 4.66. The molecule has 0 aliphatic carbocycles. The lowest BCUT2D eigenvalue weighted by Crippen LogP contribution is -2.14. The summed E-state index contributed by atoms with van der Waals surface area (Å²) in [7, 11) is 0. The van der Waals surface area contributed by atoms with Crippen molar-refractivity contribution >= 4 is 45.8 Å². The van der Waals surface area contributed by atoms with Gasteiger partial charge in [0, 0.05) is 3.57 Å². The van der Waals surface area contributed by atoms with E-state index in [4.69, 9.17) is 11.6 Å². The summed E-state index contributed by atoms with van der Waals surface area (Å²) in [5.41, 5.74) is 1.34. The molecule has 3 nitrogen and oxygen atoms in total. The number of benzene rings is 2. The van der Waals surface area contributed by atoms with E-state index in [1.165, 1.54) is 0 Å². The summed E-state index contributed by atoms with van der Waals surface area (Å²) in [6.07, 6.45) is 0.191. The van der Waals surface area contributed by atoms with Crippen molar-refractivity contribution in [2.45, 2.75) is 6.42 Å². The summed E-state index contributed by atoms with van der Waals surface area (Å²) < 4.78 is 1.01. The van der Waals surface area contributed by atoms with Gasteiger partial charge in [-0.15, -0.1) is 0 Å². The average molecular weight is 388 g/mol. The number of anilines is 1. The molecular weight excluding hydrogens is 377 g/mol. The number of nitrogens with one attached hydrogen (secondary N) is 1. The largest absolute Gasteiger partial charge is 0.508 e. The molecular formula is C14H11ClINO2. The van der Waals surface area contributed by atoms with Crippen molar-refractivity contribution in [2.75, 3.05) is 5.32 Å². The van der Waals surface area contributed by atoms with Crippen molar-refractivity contribution in [3.8, 4) is 5.75 Å². The Morgan fingerprint density at radius 3 is 2.74 bits per heavy atom. The summed E-state index contributed by atoms with van der Waals surface area (Å²) in [5.74, 6) is -0.0219. The number of aromatic hydroxyl groups is 1. The van der Waals surface area contributed by atoms with Crippen LogP contribution in [0.1, 0.15) is 5.56 Å². The van der Waals surface area contributed by atoms with Gasteiger partial charge in [0.15, 0.2) is 0 Å². The van der Waals surface area contributed by atoms with Gasteiger partial charge in [0.05, 0.1) is 17.1 Å². The highest BCUT2D eigenvalue weighted by atomic mass is 127. The second-order valence-electron chi connectivity index (χ2n) is 4.02. The lowest BCUT2D eigenvalue weighted by Gasteiger charge is -2.07. The van der Waals surface area contributed by atoms with Crippen LogP contribution in [0, 0.1) is 3.57 Å². The van der Waals surface area contributed by atoms with E-state index in [-0.39, 0.29) is 18.1 Å². The molecule has 1 amide bonds. The van der Waals surface area contributed by atoms with Gasteiger partial charge in [0.25, 0.3) is 0 Å². The van der Waals surface area contributed by atoms with Crippen molar-refractivity contribution in [3.63, 3.8) is 0 Å². The van der Waals surface area contributed by atoms with E-state index in [1.54, 1.807) is 36.4 Å². The van der Waals surface area contributed by atoms with Crippen LogP contribution in [0.25, 0.3) is 0 Å². The number of rotatable bonds is 3. The molecule has 0 bridgehead atoms. The van der Waals surface area contributed by atoms with Crippen LogP contribution in [0.4, 0.5) is 5.69 Å². The average Bonchev–Trinajstić information content (AvgIpc) is 2.33. The number of hydrogen-bond acceptors (Lipinski definition) is 2. The van der Waals surface area contributed by atoms with Crippen LogP contribution in [-0.2, 0) is 11.2 Å². The number of hydrogen-bond donors (Lipinski definition) is 2. The standard InChI is InChI=1S/C14H11ClINO2/c15-12-8-10(16)4-5-13(12)17-14(19)7-9-2-1-3-11(18)6-9/h1-6,8,18H,7H2,(H,17,19). The molecule has 0 saturated heterocycles. The van der Waals surface area contributed by atoms with Gasteiger partial charge in [-0.1, -0.05) is 23.7 Å². The van der Waals surface area contributed by atoms with Crippen LogP contribution >= 0.6 is 34.2 Å². The van der Waals surface area contributed by atoms with Crippen LogP contribution in [0.5, 0.6) is 5.75 Å². The third kappa shape index (κ3) is 4.11. The minimum Gasteiger partial charge on any atom is -0.508 e. The number of amides is 1. The van der Waals surface area contributed by atoms with Crippen LogP contribution in [0.3, 0.4) is 0 Å². The summed E-state index contributed by atoms with van der Waals surface area (Å²) >= 11 is 8.20. The molecule has 2 rings (SSSR count). The zero-order valence-corrected chi connectivity index (χ0v) is 12.8. The SMILES string of the molecule is O=C(Cc1cccc(O)c1)Nc1ccc(I)cc1Cl. The quantitative estimate of drug-likeness (QED) is 0.787. The molecule has 0 aromatic heterocycles. The molecule has 5 heteroatoms. The van der Waals surface area contributed by atoms with E-state index < -0.39 is 0 Å². The molecule has 0 heterocycles. The van der Waals surface area contributed by atoms with Crippen LogP contribution < -0.4 is 5.32 Å². The van der Waals surface area contributed by atoms with Gasteiger partial charge in [0.1, 0.15) is 5.75 Å². The first-order chi connectivity index (χ1) is 9.04. The number of carbonyl (C=O) groups is 1. The second kappa shape index (κ2) is 6.25. The maximum absolute atomic E-state index is 11.9. The molecule has 0 spiro atoms. The Morgan fingerprint density at radius 2 is 2.05 bits per heavy atom. The second-order valence-corrected chi connectivity index (χ2v) is 5.67. The smallest absolute Gasteiger partial charge is 0.228 e. The van der Waals surface area contributed by atoms with E-state index >= 15 is 0 Å². The molecule has 98 valence electrons. The lowest BCUT2D eigenvalue weighted by atomic mass is 10.1. The van der Waals surface area contributed by atoms with Crippen LogP contribution in [0.15, 0.2) is 42.5 Å². The van der Waals surface area contributed by atoms with E-state index in [0.29, 0.717) is 10.7 Å². The summed E-state index contributed by atoms with van der Waals surface area (Å²) in [5, 5.41) is 12.6. The summed E-state index contributed by atoms with van der Waals surface area (Å²) in [6, 6.07) is 12.0. The Labute approximate surface area is 129 Å². The van der Waals surface area contributed by atoms with Gasteiger partial charge in [-0.2, -0.15) is 0 Å². The number of phenols is 1. The van der Waals surface area contributed by atoms with Crippen molar-refractivity contribution < 1.29 is 9.90 Å². The summed E-state index contributed by atoms with van der Waals surface area (Å²) in [6.45, 7) is 0. The third-order valence-corrected chi connectivity index (χ3v) is 3.46. The first-order valence-corrected chi connectivity index (χ1v) is 7.03. The summed E-state index contributed by atoms with van der Waals surface area (Å²) in [4.78, 5) is 11.9. The first-order valence-electron chi connectivity index (χ1n) is 5.57. The fourth-order valence-electron chi connectivity index (χ4n) is 1.64. The van der Waals surface area contributed by atoms with Gasteiger partial charge < -0.3 is 10.4 Å². The highest BCUT2D eigenvalue weighted by Crippen LogP contribution is 2.24. The molecule has 2 N–H and O–H groups in total.